The first-order chi connectivity index (χ1) is 13.8. The summed E-state index contributed by atoms with van der Waals surface area (Å²) in [6.07, 6.45) is 10.2. The Kier molecular flexibility index (Phi) is 4.36. The van der Waals surface area contributed by atoms with Gasteiger partial charge in [0.2, 0.25) is 0 Å². The third-order valence-electron chi connectivity index (χ3n) is 8.44. The fourth-order valence-corrected chi connectivity index (χ4v) is 7.77. The summed E-state index contributed by atoms with van der Waals surface area (Å²) in [5.41, 5.74) is 7.67. The van der Waals surface area contributed by atoms with Crippen LogP contribution in [0.5, 0.6) is 0 Å². The molecular weight excluding hydrogens is 378 g/mol. The summed E-state index contributed by atoms with van der Waals surface area (Å²) in [7, 11) is 0. The fraction of sp³-hybridized carbons (Fsp3) is 0.520. The molecule has 0 radical (unpaired) electrons. The summed E-state index contributed by atoms with van der Waals surface area (Å²) >= 11 is 1.55. The van der Waals surface area contributed by atoms with E-state index in [1.165, 1.54) is 5.57 Å². The number of rotatable bonds is 2. The average molecular weight is 408 g/mol. The maximum absolute atomic E-state index is 12.9. The molecule has 5 atom stereocenters. The van der Waals surface area contributed by atoms with Crippen molar-refractivity contribution in [3.8, 4) is 0 Å². The van der Waals surface area contributed by atoms with Gasteiger partial charge in [-0.15, -0.1) is 0 Å². The number of thioether (sulfide) groups is 1. The molecule has 2 N–H and O–H groups in total. The molecule has 0 aromatic heterocycles. The molecule has 1 aromatic carbocycles. The van der Waals surface area contributed by atoms with Gasteiger partial charge in [-0.05, 0) is 80.2 Å². The summed E-state index contributed by atoms with van der Waals surface area (Å²) in [6.45, 7) is 4.56. The minimum absolute atomic E-state index is 0.0695. The van der Waals surface area contributed by atoms with Gasteiger partial charge in [0.05, 0.1) is 4.91 Å². The number of carbonyl (C=O) groups excluding carboxylic acids is 2. The van der Waals surface area contributed by atoms with E-state index >= 15 is 0 Å². The van der Waals surface area contributed by atoms with Gasteiger partial charge < -0.3 is 5.73 Å². The van der Waals surface area contributed by atoms with Gasteiger partial charge in [-0.2, -0.15) is 0 Å². The zero-order chi connectivity index (χ0) is 20.4. The molecule has 4 heteroatoms. The van der Waals surface area contributed by atoms with Crippen molar-refractivity contribution < 1.29 is 9.59 Å². The standard InChI is InChI=1S/C25H29NO2S/c1-24-12-11-20-18(19(24)9-10-23(24)28)8-3-15-13-21(27)22(14-25(15,20)2)29-17-6-4-16(26)5-7-17/h4-7,13-14,18-20H,3,8-12,26H2,1-2H3/t18-,19-,20-,24-,25-/m0/s1. The van der Waals surface area contributed by atoms with Crippen molar-refractivity contribution in [2.75, 3.05) is 5.73 Å². The minimum atomic E-state index is -0.103. The molecule has 152 valence electrons. The second-order valence-corrected chi connectivity index (χ2v) is 10.9. The highest BCUT2D eigenvalue weighted by Gasteiger charge is 2.58. The zero-order valence-electron chi connectivity index (χ0n) is 17.2. The Bertz CT molecular complexity index is 946. The summed E-state index contributed by atoms with van der Waals surface area (Å²) < 4.78 is 0. The van der Waals surface area contributed by atoms with Crippen molar-refractivity contribution in [1.29, 1.82) is 0 Å². The summed E-state index contributed by atoms with van der Waals surface area (Å²) in [5, 5.41) is 0. The van der Waals surface area contributed by atoms with Crippen LogP contribution in [0.1, 0.15) is 52.4 Å². The molecule has 29 heavy (non-hydrogen) atoms. The van der Waals surface area contributed by atoms with Crippen LogP contribution in [0.4, 0.5) is 5.69 Å². The van der Waals surface area contributed by atoms with E-state index in [-0.39, 0.29) is 16.6 Å². The van der Waals surface area contributed by atoms with Crippen LogP contribution in [-0.4, -0.2) is 11.6 Å². The minimum Gasteiger partial charge on any atom is -0.399 e. The van der Waals surface area contributed by atoms with Gasteiger partial charge in [0.15, 0.2) is 5.78 Å². The zero-order valence-corrected chi connectivity index (χ0v) is 18.1. The van der Waals surface area contributed by atoms with E-state index in [0.717, 1.165) is 54.0 Å². The Hall–Kier alpha value is -1.81. The molecule has 1 aromatic rings. The Labute approximate surface area is 177 Å². The second kappa shape index (κ2) is 6.60. The number of allylic oxidation sites excluding steroid dienone is 4. The Morgan fingerprint density at radius 3 is 2.52 bits per heavy atom. The van der Waals surface area contributed by atoms with E-state index in [1.807, 2.05) is 30.3 Å². The topological polar surface area (TPSA) is 60.2 Å². The Balaban J connectivity index is 1.48. The molecule has 0 saturated heterocycles. The van der Waals surface area contributed by atoms with E-state index in [9.17, 15) is 9.59 Å². The van der Waals surface area contributed by atoms with Crippen molar-refractivity contribution in [2.45, 2.75) is 57.3 Å². The van der Waals surface area contributed by atoms with Crippen molar-refractivity contribution in [3.63, 3.8) is 0 Å². The van der Waals surface area contributed by atoms with Gasteiger partial charge in [0.25, 0.3) is 0 Å². The van der Waals surface area contributed by atoms with Gasteiger partial charge in [-0.25, -0.2) is 0 Å². The molecule has 0 bridgehead atoms. The predicted molar refractivity (Wildman–Crippen MR) is 117 cm³/mol. The molecule has 4 aliphatic rings. The number of Topliss-reactive ketones (excluding diaryl/α,β-unsaturated/α-hetero) is 1. The van der Waals surface area contributed by atoms with Crippen LogP contribution < -0.4 is 5.73 Å². The van der Waals surface area contributed by atoms with Crippen molar-refractivity contribution in [2.24, 2.45) is 28.6 Å². The lowest BCUT2D eigenvalue weighted by Gasteiger charge is -2.55. The van der Waals surface area contributed by atoms with Crippen LogP contribution in [0.15, 0.2) is 51.8 Å². The van der Waals surface area contributed by atoms with Crippen LogP contribution in [0.2, 0.25) is 0 Å². The first-order valence-electron chi connectivity index (χ1n) is 10.9. The second-order valence-electron chi connectivity index (χ2n) is 9.83. The lowest BCUT2D eigenvalue weighted by molar-refractivity contribution is -0.131. The van der Waals surface area contributed by atoms with E-state index in [0.29, 0.717) is 23.5 Å². The third kappa shape index (κ3) is 2.86. The van der Waals surface area contributed by atoms with Gasteiger partial charge in [0, 0.05) is 27.8 Å². The van der Waals surface area contributed by atoms with Crippen LogP contribution >= 0.6 is 11.8 Å². The highest BCUT2D eigenvalue weighted by Crippen LogP contribution is 2.64. The molecular formula is C25H29NO2S. The van der Waals surface area contributed by atoms with Crippen LogP contribution in [-0.2, 0) is 9.59 Å². The molecule has 3 saturated carbocycles. The smallest absolute Gasteiger partial charge is 0.192 e. The molecule has 4 aliphatic carbocycles. The van der Waals surface area contributed by atoms with E-state index in [4.69, 9.17) is 5.73 Å². The van der Waals surface area contributed by atoms with Crippen molar-refractivity contribution in [1.82, 2.24) is 0 Å². The van der Waals surface area contributed by atoms with Gasteiger partial charge in [0.1, 0.15) is 5.78 Å². The fourth-order valence-electron chi connectivity index (χ4n) is 6.78. The van der Waals surface area contributed by atoms with Gasteiger partial charge >= 0.3 is 0 Å². The summed E-state index contributed by atoms with van der Waals surface area (Å²) in [6, 6.07) is 7.73. The highest BCUT2D eigenvalue weighted by molar-refractivity contribution is 8.04. The summed E-state index contributed by atoms with van der Waals surface area (Å²) in [4.78, 5) is 27.4. The lowest BCUT2D eigenvalue weighted by atomic mass is 9.48. The van der Waals surface area contributed by atoms with Crippen LogP contribution in [0, 0.1) is 28.6 Å². The van der Waals surface area contributed by atoms with Gasteiger partial charge in [-0.3, -0.25) is 9.59 Å². The van der Waals surface area contributed by atoms with E-state index in [2.05, 4.69) is 19.9 Å². The molecule has 0 spiro atoms. The Morgan fingerprint density at radius 1 is 1.00 bits per heavy atom. The molecule has 0 heterocycles. The van der Waals surface area contributed by atoms with Crippen LogP contribution in [0.25, 0.3) is 0 Å². The predicted octanol–water partition coefficient (Wildman–Crippen LogP) is 5.57. The molecule has 0 amide bonds. The number of nitrogens with two attached hydrogens (primary N) is 1. The molecule has 3 nitrogen and oxygen atoms in total. The van der Waals surface area contributed by atoms with E-state index < -0.39 is 0 Å². The normalized spacial score (nSPS) is 38.6. The maximum atomic E-state index is 12.9. The maximum Gasteiger partial charge on any atom is 0.192 e. The first-order valence-corrected chi connectivity index (χ1v) is 11.7. The Morgan fingerprint density at radius 2 is 1.76 bits per heavy atom. The molecule has 0 unspecified atom stereocenters. The number of carbonyl (C=O) groups is 2. The number of anilines is 1. The lowest BCUT2D eigenvalue weighted by Crippen LogP contribution is -2.49. The SMILES string of the molecule is C[C@]12C=C(Sc3ccc(N)cc3)C(=O)C=C1CC[C@@H]1[C@@H]2CC[C@]2(C)C(=O)CC[C@@H]12. The largest absolute Gasteiger partial charge is 0.399 e. The third-order valence-corrected chi connectivity index (χ3v) is 9.49. The molecule has 3 fully saturated rings. The van der Waals surface area contributed by atoms with Gasteiger partial charge in [-0.1, -0.05) is 37.3 Å². The highest BCUT2D eigenvalue weighted by atomic mass is 32.2. The number of benzene rings is 1. The summed E-state index contributed by atoms with van der Waals surface area (Å²) in [5.74, 6) is 2.26. The quantitative estimate of drug-likeness (QED) is 0.652. The van der Waals surface area contributed by atoms with E-state index in [1.54, 1.807) is 11.8 Å². The van der Waals surface area contributed by atoms with Crippen LogP contribution in [0.3, 0.4) is 0 Å². The number of fused-ring (bicyclic) bond motifs is 5. The van der Waals surface area contributed by atoms with Crippen molar-refractivity contribution in [3.05, 3.63) is 46.9 Å². The number of ketones is 2. The molecule has 0 aliphatic heterocycles. The monoisotopic (exact) mass is 407 g/mol. The number of hydrogen-bond donors (Lipinski definition) is 1. The number of nitrogen functional groups attached to an aromatic ring is 1. The molecule has 5 rings (SSSR count). The average Bonchev–Trinajstić information content (AvgIpc) is 3.00. The number of hydrogen-bond acceptors (Lipinski definition) is 4. The first kappa shape index (κ1) is 19.2. The van der Waals surface area contributed by atoms with Crippen molar-refractivity contribution >= 4 is 29.0 Å².